The summed E-state index contributed by atoms with van der Waals surface area (Å²) in [6.45, 7) is 4.74. The molecule has 0 bridgehead atoms. The van der Waals surface area contributed by atoms with Crippen LogP contribution in [0.5, 0.6) is 5.88 Å². The molecule has 0 saturated carbocycles. The molecule has 1 aliphatic rings. The molecular formula is C21H18N6OS. The molecule has 0 radical (unpaired) electrons. The fourth-order valence-electron chi connectivity index (χ4n) is 3.85. The number of allylic oxidation sites excluding steroid dienone is 1. The molecule has 1 aliphatic heterocycles. The predicted molar refractivity (Wildman–Crippen MR) is 111 cm³/mol. The maximum atomic E-state index is 9.74. The number of nitriles is 1. The van der Waals surface area contributed by atoms with E-state index in [1.165, 1.54) is 10.4 Å². The van der Waals surface area contributed by atoms with Gasteiger partial charge in [0.25, 0.3) is 0 Å². The minimum absolute atomic E-state index is 0.115. The van der Waals surface area contributed by atoms with Gasteiger partial charge in [0.1, 0.15) is 11.6 Å². The van der Waals surface area contributed by atoms with Crippen molar-refractivity contribution in [1.29, 1.82) is 5.26 Å². The molecule has 0 fully saturated rings. The van der Waals surface area contributed by atoms with Crippen LogP contribution in [0.4, 0.5) is 0 Å². The fourth-order valence-corrected chi connectivity index (χ4v) is 5.01. The third-order valence-corrected chi connectivity index (χ3v) is 6.48. The number of hydrogen-bond donors (Lipinski definition) is 2. The number of aromatic nitrogens is 4. The van der Waals surface area contributed by atoms with Gasteiger partial charge in [-0.05, 0) is 37.6 Å². The van der Waals surface area contributed by atoms with Crippen LogP contribution in [0.3, 0.4) is 0 Å². The van der Waals surface area contributed by atoms with Crippen molar-refractivity contribution in [1.82, 2.24) is 19.7 Å². The van der Waals surface area contributed by atoms with Crippen LogP contribution in [0.15, 0.2) is 48.1 Å². The number of nitrogens with two attached hydrogens (primary N) is 1. The first-order valence-electron chi connectivity index (χ1n) is 9.18. The highest BCUT2D eigenvalue weighted by Crippen LogP contribution is 2.45. The number of nitrogens with one attached hydrogen (secondary N) is 1. The molecule has 1 atom stereocenters. The number of benzene rings is 1. The van der Waals surface area contributed by atoms with Crippen LogP contribution in [0.2, 0.25) is 0 Å². The molecule has 4 heterocycles. The highest BCUT2D eigenvalue weighted by Gasteiger charge is 2.35. The Balaban J connectivity index is 1.58. The number of thiophene rings is 1. The normalized spacial score (nSPS) is 16.0. The van der Waals surface area contributed by atoms with Crippen LogP contribution < -0.4 is 10.5 Å². The number of nitrogens with zero attached hydrogens (tertiary/aromatic N) is 4. The lowest BCUT2D eigenvalue weighted by atomic mass is 9.88. The first kappa shape index (κ1) is 17.5. The third kappa shape index (κ3) is 2.70. The number of aromatic amines is 1. The summed E-state index contributed by atoms with van der Waals surface area (Å²) in [5.74, 6) is 0.279. The first-order chi connectivity index (χ1) is 14.1. The molecule has 144 valence electrons. The zero-order valence-electron chi connectivity index (χ0n) is 15.9. The van der Waals surface area contributed by atoms with E-state index in [0.29, 0.717) is 18.0 Å². The Labute approximate surface area is 171 Å². The highest BCUT2D eigenvalue weighted by atomic mass is 32.1. The van der Waals surface area contributed by atoms with E-state index >= 15 is 0 Å². The minimum atomic E-state index is -0.278. The molecule has 0 saturated heterocycles. The van der Waals surface area contributed by atoms with E-state index in [9.17, 15) is 5.26 Å². The lowest BCUT2D eigenvalue weighted by Gasteiger charge is -2.22. The Morgan fingerprint density at radius 3 is 3.00 bits per heavy atom. The summed E-state index contributed by atoms with van der Waals surface area (Å²) in [5.41, 5.74) is 11.5. The lowest BCUT2D eigenvalue weighted by Crippen LogP contribution is -2.20. The van der Waals surface area contributed by atoms with Crippen LogP contribution in [0, 0.1) is 25.2 Å². The Morgan fingerprint density at radius 2 is 2.17 bits per heavy atom. The zero-order chi connectivity index (χ0) is 20.1. The summed E-state index contributed by atoms with van der Waals surface area (Å²) < 4.78 is 7.70. The van der Waals surface area contributed by atoms with Gasteiger partial charge in [-0.25, -0.2) is 4.98 Å². The predicted octanol–water partition coefficient (Wildman–Crippen LogP) is 3.70. The van der Waals surface area contributed by atoms with Gasteiger partial charge in [-0.2, -0.15) is 5.26 Å². The number of aryl methyl sites for hydroxylation is 2. The van der Waals surface area contributed by atoms with Gasteiger partial charge < -0.3 is 15.0 Å². The standard InChI is InChI=1S/C21H18N6OS/c1-11-18-19(14(8-22)20(23)28-21(18)26-25-11)17-7-13(12(2)29-17)9-27-10-24-15-5-3-4-6-16(15)27/h3-7,10,19H,9,23H2,1-2H3,(H,25,26). The zero-order valence-corrected chi connectivity index (χ0v) is 16.7. The van der Waals surface area contributed by atoms with E-state index in [1.54, 1.807) is 11.3 Å². The lowest BCUT2D eigenvalue weighted by molar-refractivity contribution is 0.379. The molecule has 3 N–H and O–H groups in total. The van der Waals surface area contributed by atoms with Gasteiger partial charge in [-0.3, -0.25) is 5.10 Å². The summed E-state index contributed by atoms with van der Waals surface area (Å²) in [6.07, 6.45) is 1.87. The molecule has 0 amide bonds. The Bertz CT molecular complexity index is 1320. The monoisotopic (exact) mass is 402 g/mol. The van der Waals surface area contributed by atoms with Crippen molar-refractivity contribution in [2.45, 2.75) is 26.3 Å². The van der Waals surface area contributed by atoms with Crippen molar-refractivity contribution in [2.24, 2.45) is 5.73 Å². The molecule has 1 unspecified atom stereocenters. The molecule has 5 rings (SSSR count). The molecule has 7 nitrogen and oxygen atoms in total. The second-order valence-corrected chi connectivity index (χ2v) is 8.37. The average molecular weight is 402 g/mol. The first-order valence-corrected chi connectivity index (χ1v) is 10.00. The second kappa shape index (κ2) is 6.50. The largest absolute Gasteiger partial charge is 0.420 e. The highest BCUT2D eigenvalue weighted by molar-refractivity contribution is 7.12. The van der Waals surface area contributed by atoms with Crippen molar-refractivity contribution in [3.05, 3.63) is 74.7 Å². The van der Waals surface area contributed by atoms with Gasteiger partial charge in [-0.1, -0.05) is 12.1 Å². The maximum absolute atomic E-state index is 9.74. The van der Waals surface area contributed by atoms with Crippen LogP contribution >= 0.6 is 11.3 Å². The number of hydrogen-bond acceptors (Lipinski definition) is 6. The molecule has 0 spiro atoms. The van der Waals surface area contributed by atoms with E-state index in [4.69, 9.17) is 10.5 Å². The number of imidazole rings is 1. The van der Waals surface area contributed by atoms with Crippen LogP contribution in [-0.2, 0) is 6.54 Å². The van der Waals surface area contributed by atoms with E-state index in [-0.39, 0.29) is 11.8 Å². The fraction of sp³-hybridized carbons (Fsp3) is 0.190. The van der Waals surface area contributed by atoms with Crippen molar-refractivity contribution >= 4 is 22.4 Å². The Kier molecular flexibility index (Phi) is 3.93. The van der Waals surface area contributed by atoms with E-state index in [0.717, 1.165) is 27.2 Å². The molecule has 1 aromatic carbocycles. The number of fused-ring (bicyclic) bond motifs is 2. The van der Waals surface area contributed by atoms with Crippen LogP contribution in [0.25, 0.3) is 11.0 Å². The van der Waals surface area contributed by atoms with Gasteiger partial charge >= 0.3 is 0 Å². The Morgan fingerprint density at radius 1 is 1.34 bits per heavy atom. The quantitative estimate of drug-likeness (QED) is 0.543. The molecule has 4 aromatic rings. The van der Waals surface area contributed by atoms with Gasteiger partial charge in [-0.15, -0.1) is 16.4 Å². The van der Waals surface area contributed by atoms with Crippen LogP contribution in [0.1, 0.15) is 32.5 Å². The van der Waals surface area contributed by atoms with Crippen molar-refractivity contribution in [3.63, 3.8) is 0 Å². The SMILES string of the molecule is Cc1[nH]nc2c1C(c1cc(Cn3cnc4ccccc43)c(C)s1)C(C#N)=C(N)O2. The molecule has 0 aliphatic carbocycles. The summed E-state index contributed by atoms with van der Waals surface area (Å²) in [5, 5.41) is 16.9. The maximum Gasteiger partial charge on any atom is 0.244 e. The average Bonchev–Trinajstić information content (AvgIpc) is 3.40. The number of H-pyrrole nitrogens is 1. The van der Waals surface area contributed by atoms with Gasteiger partial charge in [0.15, 0.2) is 0 Å². The summed E-state index contributed by atoms with van der Waals surface area (Å²) in [7, 11) is 0. The number of rotatable bonds is 3. The molecule has 8 heteroatoms. The summed E-state index contributed by atoms with van der Waals surface area (Å²) >= 11 is 1.67. The smallest absolute Gasteiger partial charge is 0.244 e. The van der Waals surface area contributed by atoms with E-state index in [1.807, 2.05) is 31.5 Å². The van der Waals surface area contributed by atoms with Gasteiger partial charge in [0.05, 0.1) is 35.4 Å². The number of ether oxygens (including phenoxy) is 1. The summed E-state index contributed by atoms with van der Waals surface area (Å²) in [4.78, 5) is 6.73. The van der Waals surface area contributed by atoms with Gasteiger partial charge in [0.2, 0.25) is 11.8 Å². The van der Waals surface area contributed by atoms with Crippen LogP contribution in [-0.4, -0.2) is 19.7 Å². The van der Waals surface area contributed by atoms with E-state index < -0.39 is 0 Å². The Hall–Kier alpha value is -3.57. The molecule has 29 heavy (non-hydrogen) atoms. The summed E-state index contributed by atoms with van der Waals surface area (Å²) in [6, 6.07) is 12.5. The second-order valence-electron chi connectivity index (χ2n) is 7.08. The van der Waals surface area contributed by atoms with E-state index in [2.05, 4.69) is 44.9 Å². The topological polar surface area (TPSA) is 106 Å². The number of para-hydroxylation sites is 2. The minimum Gasteiger partial charge on any atom is -0.420 e. The molecular weight excluding hydrogens is 384 g/mol. The van der Waals surface area contributed by atoms with Crippen molar-refractivity contribution in [2.75, 3.05) is 0 Å². The third-order valence-electron chi connectivity index (χ3n) is 5.32. The van der Waals surface area contributed by atoms with Crippen molar-refractivity contribution < 1.29 is 4.74 Å². The van der Waals surface area contributed by atoms with Crippen molar-refractivity contribution in [3.8, 4) is 11.9 Å². The van der Waals surface area contributed by atoms with Gasteiger partial charge in [0, 0.05) is 15.4 Å². The molecule has 3 aromatic heterocycles.